The molecule has 0 saturated carbocycles. The molecule has 0 radical (unpaired) electrons. The van der Waals surface area contributed by atoms with Gasteiger partial charge in [-0.1, -0.05) is 0 Å². The van der Waals surface area contributed by atoms with E-state index in [1.54, 1.807) is 20.8 Å². The zero-order valence-corrected chi connectivity index (χ0v) is 15.7. The lowest BCUT2D eigenvalue weighted by Gasteiger charge is -2.39. The van der Waals surface area contributed by atoms with E-state index in [2.05, 4.69) is 9.97 Å². The molecule has 1 aromatic carbocycles. The molecular formula is C17H21N5O6. The molecule has 1 amide bonds. The summed E-state index contributed by atoms with van der Waals surface area (Å²) in [6, 6.07) is 3.15. The minimum absolute atomic E-state index is 0.0680. The number of nitrogens with zero attached hydrogens (tertiary/aromatic N) is 4. The lowest BCUT2D eigenvalue weighted by atomic mass is 10.1. The van der Waals surface area contributed by atoms with Gasteiger partial charge in [0, 0.05) is 25.2 Å². The van der Waals surface area contributed by atoms with Gasteiger partial charge in [-0.25, -0.2) is 14.6 Å². The number of nitro groups is 1. The summed E-state index contributed by atoms with van der Waals surface area (Å²) < 4.78 is 5.32. The first-order valence-corrected chi connectivity index (χ1v) is 8.67. The summed E-state index contributed by atoms with van der Waals surface area (Å²) in [6.07, 6.45) is -0.571. The molecule has 11 heteroatoms. The van der Waals surface area contributed by atoms with Crippen molar-refractivity contribution in [3.8, 4) is 0 Å². The van der Waals surface area contributed by atoms with Crippen molar-refractivity contribution >= 4 is 34.7 Å². The van der Waals surface area contributed by atoms with E-state index in [9.17, 15) is 24.8 Å². The minimum Gasteiger partial charge on any atom is -0.480 e. The second kappa shape index (κ2) is 6.98. The van der Waals surface area contributed by atoms with Crippen molar-refractivity contribution in [2.75, 3.05) is 24.5 Å². The summed E-state index contributed by atoms with van der Waals surface area (Å²) in [5.74, 6) is -0.827. The Balaban J connectivity index is 1.84. The number of hydrogen-bond acceptors (Lipinski definition) is 7. The molecule has 1 aliphatic rings. The number of rotatable bonds is 3. The summed E-state index contributed by atoms with van der Waals surface area (Å²) in [5, 5.41) is 20.6. The Morgan fingerprint density at radius 3 is 2.68 bits per heavy atom. The molecular weight excluding hydrogens is 370 g/mol. The molecule has 2 heterocycles. The van der Waals surface area contributed by atoms with E-state index in [0.29, 0.717) is 11.0 Å². The van der Waals surface area contributed by atoms with E-state index in [0.717, 1.165) is 0 Å². The maximum Gasteiger partial charge on any atom is 0.410 e. The number of aliphatic carboxylic acids is 1. The topological polar surface area (TPSA) is 142 Å². The number of H-pyrrole nitrogens is 1. The average molecular weight is 391 g/mol. The first kappa shape index (κ1) is 19.4. The first-order valence-electron chi connectivity index (χ1n) is 8.67. The van der Waals surface area contributed by atoms with E-state index < -0.39 is 28.6 Å². The van der Waals surface area contributed by atoms with Crippen molar-refractivity contribution in [1.29, 1.82) is 0 Å². The number of benzene rings is 1. The molecule has 1 fully saturated rings. The predicted molar refractivity (Wildman–Crippen MR) is 99.3 cm³/mol. The number of non-ortho nitro benzene ring substituents is 1. The largest absolute Gasteiger partial charge is 0.480 e. The Bertz CT molecular complexity index is 934. The van der Waals surface area contributed by atoms with Gasteiger partial charge in [-0.05, 0) is 26.8 Å². The molecule has 3 rings (SSSR count). The van der Waals surface area contributed by atoms with Crippen LogP contribution < -0.4 is 4.90 Å². The van der Waals surface area contributed by atoms with Gasteiger partial charge in [0.25, 0.3) is 5.69 Å². The number of fused-ring (bicyclic) bond motifs is 1. The third-order valence-electron chi connectivity index (χ3n) is 4.25. The van der Waals surface area contributed by atoms with Crippen LogP contribution in [0, 0.1) is 10.1 Å². The Kier molecular flexibility index (Phi) is 4.84. The van der Waals surface area contributed by atoms with Gasteiger partial charge in [0.1, 0.15) is 11.6 Å². The van der Waals surface area contributed by atoms with Crippen LogP contribution in [0.5, 0.6) is 0 Å². The molecule has 1 aromatic heterocycles. The van der Waals surface area contributed by atoms with Crippen LogP contribution in [-0.4, -0.2) is 68.2 Å². The molecule has 0 bridgehead atoms. The zero-order valence-electron chi connectivity index (χ0n) is 15.7. The van der Waals surface area contributed by atoms with Crippen molar-refractivity contribution < 1.29 is 24.4 Å². The van der Waals surface area contributed by atoms with Crippen LogP contribution in [0.15, 0.2) is 18.2 Å². The fourth-order valence-corrected chi connectivity index (χ4v) is 2.97. The van der Waals surface area contributed by atoms with E-state index in [-0.39, 0.29) is 31.3 Å². The molecule has 2 N–H and O–H groups in total. The van der Waals surface area contributed by atoms with Gasteiger partial charge in [0.2, 0.25) is 5.95 Å². The van der Waals surface area contributed by atoms with Gasteiger partial charge in [-0.2, -0.15) is 0 Å². The zero-order chi connectivity index (χ0) is 20.6. The minimum atomic E-state index is -1.11. The summed E-state index contributed by atoms with van der Waals surface area (Å²) in [7, 11) is 0. The maximum absolute atomic E-state index is 12.3. The smallest absolute Gasteiger partial charge is 0.410 e. The third-order valence-corrected chi connectivity index (χ3v) is 4.25. The quantitative estimate of drug-likeness (QED) is 0.597. The lowest BCUT2D eigenvalue weighted by molar-refractivity contribution is -0.384. The number of hydrogen-bond donors (Lipinski definition) is 2. The predicted octanol–water partition coefficient (Wildman–Crippen LogP) is 1.98. The number of aromatic amines is 1. The summed E-state index contributed by atoms with van der Waals surface area (Å²) in [5.41, 5.74) is 0.148. The summed E-state index contributed by atoms with van der Waals surface area (Å²) in [4.78, 5) is 44.7. The van der Waals surface area contributed by atoms with E-state index >= 15 is 0 Å². The van der Waals surface area contributed by atoms with Gasteiger partial charge in [0.05, 0.1) is 22.5 Å². The molecule has 1 saturated heterocycles. The van der Waals surface area contributed by atoms with Crippen molar-refractivity contribution in [1.82, 2.24) is 14.9 Å². The van der Waals surface area contributed by atoms with Crippen molar-refractivity contribution in [2.24, 2.45) is 0 Å². The second-order valence-corrected chi connectivity index (χ2v) is 7.49. The number of nitrogens with one attached hydrogen (secondary N) is 1. The van der Waals surface area contributed by atoms with Gasteiger partial charge in [0.15, 0.2) is 0 Å². The highest BCUT2D eigenvalue weighted by atomic mass is 16.6. The van der Waals surface area contributed by atoms with Gasteiger partial charge in [-0.15, -0.1) is 0 Å². The molecule has 1 aliphatic heterocycles. The standard InChI is InChI=1S/C17H21N5O6/c1-17(2,3)28-16(25)20-6-7-21(13(9-20)14(23)24)15-18-11-5-4-10(22(26)27)8-12(11)19-15/h4-5,8,13H,6-7,9H2,1-3H3,(H,18,19)(H,23,24)/t13-/m0/s1. The van der Waals surface area contributed by atoms with E-state index in [1.807, 2.05) is 0 Å². The van der Waals surface area contributed by atoms with Gasteiger partial charge >= 0.3 is 12.1 Å². The molecule has 0 unspecified atom stereocenters. The van der Waals surface area contributed by atoms with Crippen LogP contribution in [0.3, 0.4) is 0 Å². The molecule has 11 nitrogen and oxygen atoms in total. The van der Waals surface area contributed by atoms with Gasteiger partial charge in [-0.3, -0.25) is 10.1 Å². The number of nitro benzene ring substituents is 1. The Hall–Kier alpha value is -3.37. The number of carbonyl (C=O) groups is 2. The van der Waals surface area contributed by atoms with E-state index in [4.69, 9.17) is 4.74 Å². The molecule has 2 aromatic rings. The molecule has 150 valence electrons. The summed E-state index contributed by atoms with van der Waals surface area (Å²) >= 11 is 0. The molecule has 28 heavy (non-hydrogen) atoms. The van der Waals surface area contributed by atoms with Crippen molar-refractivity contribution in [3.63, 3.8) is 0 Å². The number of carboxylic acids is 1. The Morgan fingerprint density at radius 1 is 1.36 bits per heavy atom. The second-order valence-electron chi connectivity index (χ2n) is 7.49. The number of imidazole rings is 1. The monoisotopic (exact) mass is 391 g/mol. The fourth-order valence-electron chi connectivity index (χ4n) is 2.97. The number of amides is 1. The fraction of sp³-hybridized carbons (Fsp3) is 0.471. The number of anilines is 1. The van der Waals surface area contributed by atoms with E-state index in [1.165, 1.54) is 28.0 Å². The summed E-state index contributed by atoms with van der Waals surface area (Å²) in [6.45, 7) is 5.63. The molecule has 0 aliphatic carbocycles. The van der Waals surface area contributed by atoms with Crippen LogP contribution in [0.4, 0.5) is 16.4 Å². The number of aromatic nitrogens is 2. The first-order chi connectivity index (χ1) is 13.0. The number of ether oxygens (including phenoxy) is 1. The SMILES string of the molecule is CC(C)(C)OC(=O)N1CCN(c2nc3ccc([N+](=O)[O-])cc3[nH]2)[C@H](C(=O)O)C1. The number of carbonyl (C=O) groups excluding carboxylic acids is 1. The lowest BCUT2D eigenvalue weighted by Crippen LogP contribution is -2.58. The van der Waals surface area contributed by atoms with Crippen LogP contribution in [0.1, 0.15) is 20.8 Å². The average Bonchev–Trinajstić information content (AvgIpc) is 3.02. The Morgan fingerprint density at radius 2 is 2.07 bits per heavy atom. The number of carboxylic acid groups (broad SMARTS) is 1. The molecule has 0 spiro atoms. The highest BCUT2D eigenvalue weighted by Crippen LogP contribution is 2.25. The van der Waals surface area contributed by atoms with Gasteiger partial charge < -0.3 is 24.6 Å². The Labute approximate surface area is 160 Å². The number of piperazine rings is 1. The van der Waals surface area contributed by atoms with Crippen molar-refractivity contribution in [3.05, 3.63) is 28.3 Å². The maximum atomic E-state index is 12.3. The van der Waals surface area contributed by atoms with Crippen LogP contribution in [-0.2, 0) is 9.53 Å². The van der Waals surface area contributed by atoms with Crippen molar-refractivity contribution in [2.45, 2.75) is 32.4 Å². The molecule has 1 atom stereocenters. The van der Waals surface area contributed by atoms with Crippen LogP contribution in [0.2, 0.25) is 0 Å². The highest BCUT2D eigenvalue weighted by Gasteiger charge is 2.37. The third kappa shape index (κ3) is 3.97. The van der Waals surface area contributed by atoms with Crippen LogP contribution in [0.25, 0.3) is 11.0 Å². The van der Waals surface area contributed by atoms with Crippen LogP contribution >= 0.6 is 0 Å². The highest BCUT2D eigenvalue weighted by molar-refractivity contribution is 5.83. The normalized spacial score (nSPS) is 17.6.